The van der Waals surface area contributed by atoms with Gasteiger partial charge in [-0.1, -0.05) is 18.2 Å². The molecule has 3 fully saturated rings. The molecule has 2 saturated carbocycles. The van der Waals surface area contributed by atoms with E-state index in [9.17, 15) is 14.4 Å². The van der Waals surface area contributed by atoms with Crippen LogP contribution in [0, 0.1) is 35.5 Å². The molecule has 28 heavy (non-hydrogen) atoms. The van der Waals surface area contributed by atoms with Gasteiger partial charge < -0.3 is 9.15 Å². The van der Waals surface area contributed by atoms with E-state index in [1.54, 1.807) is 30.3 Å². The molecule has 0 N–H and O–H groups in total. The summed E-state index contributed by atoms with van der Waals surface area (Å²) in [6.45, 7) is 0. The number of carbonyl (C=O) groups is 3. The highest BCUT2D eigenvalue weighted by Crippen LogP contribution is 2.65. The Morgan fingerprint density at radius 1 is 1.00 bits per heavy atom. The summed E-state index contributed by atoms with van der Waals surface area (Å²) in [6.07, 6.45) is 6.82. The predicted octanol–water partition coefficient (Wildman–Crippen LogP) is 3.06. The van der Waals surface area contributed by atoms with E-state index in [-0.39, 0.29) is 47.0 Å². The molecule has 1 saturated heterocycles. The molecule has 1 aromatic heterocycles. The van der Waals surface area contributed by atoms with Crippen LogP contribution in [-0.2, 0) is 9.59 Å². The van der Waals surface area contributed by atoms with Crippen LogP contribution in [0.25, 0.3) is 0 Å². The summed E-state index contributed by atoms with van der Waals surface area (Å²) in [5.74, 6) is 0.455. The number of furan rings is 1. The maximum atomic E-state index is 13.2. The first-order valence-corrected chi connectivity index (χ1v) is 9.55. The average Bonchev–Trinajstić information content (AvgIpc) is 3.26. The minimum Gasteiger partial charge on any atom is -0.457 e. The summed E-state index contributed by atoms with van der Waals surface area (Å²) in [6, 6.07) is 9.66. The summed E-state index contributed by atoms with van der Waals surface area (Å²) in [5, 5.41) is 0. The molecule has 4 aliphatic carbocycles. The van der Waals surface area contributed by atoms with Gasteiger partial charge in [-0.05, 0) is 54.4 Å². The molecule has 2 amide bonds. The van der Waals surface area contributed by atoms with E-state index in [4.69, 9.17) is 9.15 Å². The predicted molar refractivity (Wildman–Crippen MR) is 97.3 cm³/mol. The Morgan fingerprint density at radius 2 is 1.71 bits per heavy atom. The van der Waals surface area contributed by atoms with E-state index in [0.29, 0.717) is 17.5 Å². The van der Waals surface area contributed by atoms with E-state index in [1.807, 2.05) is 0 Å². The van der Waals surface area contributed by atoms with E-state index in [0.717, 1.165) is 6.42 Å². The van der Waals surface area contributed by atoms with Crippen molar-refractivity contribution in [3.05, 3.63) is 60.6 Å². The van der Waals surface area contributed by atoms with Crippen molar-refractivity contribution in [3.8, 4) is 5.75 Å². The monoisotopic (exact) mass is 375 g/mol. The fraction of sp³-hybridized carbons (Fsp3) is 0.318. The standard InChI is InChI=1S/C22H17NO5/c24-20-18-13-6-7-14(16-10-15(13)16)19(18)21(25)23(20)11-3-1-4-12(9-11)28-22(26)17-5-2-8-27-17/h1-9,13-16,18-19H,10H2/t13-,14-,15-,16+,18+,19+/m0/s1. The van der Waals surface area contributed by atoms with Gasteiger partial charge in [0.2, 0.25) is 17.6 Å². The third-order valence-electron chi connectivity index (χ3n) is 6.67. The second-order valence-corrected chi connectivity index (χ2v) is 8.03. The maximum Gasteiger partial charge on any atom is 0.379 e. The highest BCUT2D eigenvalue weighted by Gasteiger charge is 2.67. The molecule has 0 unspecified atom stereocenters. The van der Waals surface area contributed by atoms with Crippen LogP contribution in [0.15, 0.2) is 59.2 Å². The number of imide groups is 1. The van der Waals surface area contributed by atoms with E-state index in [1.165, 1.54) is 17.2 Å². The molecule has 6 heteroatoms. The lowest BCUT2D eigenvalue weighted by atomic mass is 9.63. The van der Waals surface area contributed by atoms with Gasteiger partial charge in [0.25, 0.3) is 0 Å². The van der Waals surface area contributed by atoms with Gasteiger partial charge >= 0.3 is 5.97 Å². The van der Waals surface area contributed by atoms with Gasteiger partial charge in [-0.25, -0.2) is 9.69 Å². The van der Waals surface area contributed by atoms with E-state index < -0.39 is 5.97 Å². The van der Waals surface area contributed by atoms with Crippen molar-refractivity contribution in [1.82, 2.24) is 0 Å². The third-order valence-corrected chi connectivity index (χ3v) is 6.67. The molecule has 7 rings (SSSR count). The van der Waals surface area contributed by atoms with Crippen molar-refractivity contribution >= 4 is 23.5 Å². The van der Waals surface area contributed by atoms with Gasteiger partial charge in [0, 0.05) is 6.07 Å². The lowest BCUT2D eigenvalue weighted by molar-refractivity contribution is -0.124. The van der Waals surface area contributed by atoms with E-state index >= 15 is 0 Å². The zero-order valence-electron chi connectivity index (χ0n) is 14.9. The largest absolute Gasteiger partial charge is 0.457 e. The number of esters is 1. The van der Waals surface area contributed by atoms with Crippen LogP contribution < -0.4 is 9.64 Å². The van der Waals surface area contributed by atoms with E-state index in [2.05, 4.69) is 12.2 Å². The molecule has 140 valence electrons. The lowest BCUT2D eigenvalue weighted by Crippen LogP contribution is -2.40. The second-order valence-electron chi connectivity index (χ2n) is 8.03. The molecule has 6 nitrogen and oxygen atoms in total. The van der Waals surface area contributed by atoms with Crippen molar-refractivity contribution in [1.29, 1.82) is 0 Å². The number of hydrogen-bond donors (Lipinski definition) is 0. The molecule has 5 aliphatic rings. The fourth-order valence-electron chi connectivity index (χ4n) is 5.45. The second kappa shape index (κ2) is 5.44. The number of anilines is 1. The maximum absolute atomic E-state index is 13.2. The smallest absolute Gasteiger partial charge is 0.379 e. The van der Waals surface area contributed by atoms with Crippen molar-refractivity contribution in [2.45, 2.75) is 6.42 Å². The number of rotatable bonds is 3. The molecular formula is C22H17NO5. The first kappa shape index (κ1) is 15.9. The molecule has 0 spiro atoms. The van der Waals surface area contributed by atoms with Crippen LogP contribution >= 0.6 is 0 Å². The number of hydrogen-bond acceptors (Lipinski definition) is 5. The molecule has 1 aromatic carbocycles. The van der Waals surface area contributed by atoms with Crippen LogP contribution in [-0.4, -0.2) is 17.8 Å². The SMILES string of the molecule is O=C(Oc1cccc(N2C(=O)[C@@H]3[C@H]4C=C[C@@H]([C@@H]5C[C@H]45)[C@H]3C2=O)c1)c1ccco1. The number of carbonyl (C=O) groups excluding carboxylic acids is 3. The lowest BCUT2D eigenvalue weighted by Gasteiger charge is -2.37. The summed E-state index contributed by atoms with van der Waals surface area (Å²) in [7, 11) is 0. The fourth-order valence-corrected chi connectivity index (χ4v) is 5.45. The quantitative estimate of drug-likeness (QED) is 0.357. The molecule has 0 radical (unpaired) electrons. The highest BCUT2D eigenvalue weighted by molar-refractivity contribution is 6.22. The summed E-state index contributed by atoms with van der Waals surface area (Å²) in [4.78, 5) is 39.7. The first-order chi connectivity index (χ1) is 13.6. The Balaban J connectivity index is 1.30. The Kier molecular flexibility index (Phi) is 3.08. The van der Waals surface area contributed by atoms with Crippen LogP contribution in [0.4, 0.5) is 5.69 Å². The Labute approximate surface area is 160 Å². The van der Waals surface area contributed by atoms with Crippen LogP contribution in [0.2, 0.25) is 0 Å². The van der Waals surface area contributed by atoms with Gasteiger partial charge in [-0.15, -0.1) is 0 Å². The number of amides is 2. The van der Waals surface area contributed by atoms with Crippen LogP contribution in [0.1, 0.15) is 17.0 Å². The minimum absolute atomic E-state index is 0.0895. The Bertz CT molecular complexity index is 1000. The van der Waals surface area contributed by atoms with Gasteiger partial charge in [0.05, 0.1) is 23.8 Å². The summed E-state index contributed by atoms with van der Waals surface area (Å²) in [5.41, 5.74) is 0.446. The van der Waals surface area contributed by atoms with Crippen LogP contribution in [0.3, 0.4) is 0 Å². The first-order valence-electron chi connectivity index (χ1n) is 9.55. The zero-order valence-corrected chi connectivity index (χ0v) is 14.9. The molecular weight excluding hydrogens is 358 g/mol. The highest BCUT2D eigenvalue weighted by atomic mass is 16.5. The summed E-state index contributed by atoms with van der Waals surface area (Å²) < 4.78 is 10.4. The third kappa shape index (κ3) is 2.06. The summed E-state index contributed by atoms with van der Waals surface area (Å²) >= 11 is 0. The van der Waals surface area contributed by atoms with Crippen molar-refractivity contribution in [2.75, 3.05) is 4.90 Å². The molecule has 6 atom stereocenters. The normalized spacial score (nSPS) is 34.4. The molecule has 2 bridgehead atoms. The average molecular weight is 375 g/mol. The number of allylic oxidation sites excluding steroid dienone is 2. The number of benzene rings is 1. The van der Waals surface area contributed by atoms with Crippen LogP contribution in [0.5, 0.6) is 5.75 Å². The van der Waals surface area contributed by atoms with Gasteiger partial charge in [-0.2, -0.15) is 0 Å². The Morgan fingerprint density at radius 3 is 2.36 bits per heavy atom. The zero-order chi connectivity index (χ0) is 19.0. The topological polar surface area (TPSA) is 76.8 Å². The molecule has 2 aromatic rings. The van der Waals surface area contributed by atoms with Crippen molar-refractivity contribution in [3.63, 3.8) is 0 Å². The van der Waals surface area contributed by atoms with Gasteiger partial charge in [-0.3, -0.25) is 9.59 Å². The van der Waals surface area contributed by atoms with Crippen molar-refractivity contribution in [2.24, 2.45) is 35.5 Å². The van der Waals surface area contributed by atoms with Crippen molar-refractivity contribution < 1.29 is 23.5 Å². The number of ether oxygens (including phenoxy) is 1. The number of nitrogens with zero attached hydrogens (tertiary/aromatic N) is 1. The molecule has 2 heterocycles. The molecule has 1 aliphatic heterocycles. The van der Waals surface area contributed by atoms with Gasteiger partial charge in [0.1, 0.15) is 5.75 Å². The Hall–Kier alpha value is -3.15. The minimum atomic E-state index is -0.628. The van der Waals surface area contributed by atoms with Gasteiger partial charge in [0.15, 0.2) is 0 Å².